The van der Waals surface area contributed by atoms with Crippen LogP contribution in [0.5, 0.6) is 5.75 Å². The number of aryl methyl sites for hydroxylation is 1. The third-order valence-electron chi connectivity index (χ3n) is 6.50. The Morgan fingerprint density at radius 2 is 1.74 bits per heavy atom. The molecule has 4 heteroatoms. The molecule has 0 N–H and O–H groups in total. The number of rotatable bonds is 2. The second kappa shape index (κ2) is 7.56. The van der Waals surface area contributed by atoms with Crippen LogP contribution in [0.1, 0.15) is 38.8 Å². The van der Waals surface area contributed by atoms with Gasteiger partial charge >= 0.3 is 0 Å². The van der Waals surface area contributed by atoms with E-state index in [0.29, 0.717) is 17.0 Å². The van der Waals surface area contributed by atoms with E-state index in [1.54, 1.807) is 26.8 Å². The molecule has 35 heavy (non-hydrogen) atoms. The molecular weight excluding hydrogens is 446 g/mol. The van der Waals surface area contributed by atoms with Gasteiger partial charge in [0.15, 0.2) is 0 Å². The van der Waals surface area contributed by atoms with Gasteiger partial charge in [-0.3, -0.25) is 4.98 Å². The van der Waals surface area contributed by atoms with Crippen LogP contribution in [-0.2, 0) is 6.37 Å². The quantitative estimate of drug-likeness (QED) is 0.239. The van der Waals surface area contributed by atoms with E-state index in [1.165, 1.54) is 6.20 Å². The van der Waals surface area contributed by atoms with Gasteiger partial charge in [-0.2, -0.15) is 0 Å². The Morgan fingerprint density at radius 3 is 2.54 bits per heavy atom. The van der Waals surface area contributed by atoms with E-state index in [0.717, 1.165) is 38.3 Å². The topological polar surface area (TPSA) is 35.3 Å². The van der Waals surface area contributed by atoms with Crippen molar-refractivity contribution in [3.63, 3.8) is 0 Å². The SMILES string of the molecule is [2H]C([2H])([2H])c1cnc(-c2cccc3c2O[Si](C)(C)c2c-3ccc3c2oc2ccccc23)cc1C([2H])([2H])C(C)(C)C. The minimum atomic E-state index is -2.56. The number of benzene rings is 3. The lowest BCUT2D eigenvalue weighted by molar-refractivity contribution is 0.410. The van der Waals surface area contributed by atoms with Gasteiger partial charge in [-0.15, -0.1) is 0 Å². The van der Waals surface area contributed by atoms with E-state index in [-0.39, 0.29) is 11.1 Å². The molecule has 5 aromatic rings. The number of aromatic nitrogens is 1. The van der Waals surface area contributed by atoms with Crippen molar-refractivity contribution in [2.24, 2.45) is 5.41 Å². The minimum absolute atomic E-state index is 0.0748. The average molecular weight is 483 g/mol. The fourth-order valence-electron chi connectivity index (χ4n) is 5.09. The molecule has 1 aliphatic rings. The zero-order valence-corrected chi connectivity index (χ0v) is 21.6. The second-order valence-electron chi connectivity index (χ2n) is 10.7. The molecule has 0 atom stereocenters. The fourth-order valence-corrected chi connectivity index (χ4v) is 7.52. The molecule has 0 radical (unpaired) electrons. The minimum Gasteiger partial charge on any atom is -0.539 e. The summed E-state index contributed by atoms with van der Waals surface area (Å²) in [6.07, 6.45) is -0.616. The first kappa shape index (κ1) is 17.1. The number of furan rings is 1. The Morgan fingerprint density at radius 1 is 0.943 bits per heavy atom. The van der Waals surface area contributed by atoms with Crippen molar-refractivity contribution in [1.29, 1.82) is 0 Å². The van der Waals surface area contributed by atoms with Crippen LogP contribution in [0.2, 0.25) is 13.1 Å². The van der Waals surface area contributed by atoms with Crippen LogP contribution in [0.4, 0.5) is 0 Å². The highest BCUT2D eigenvalue weighted by Gasteiger charge is 2.40. The van der Waals surface area contributed by atoms with Crippen molar-refractivity contribution in [3.8, 4) is 28.1 Å². The molecule has 1 aliphatic heterocycles. The first-order chi connectivity index (χ1) is 18.6. The van der Waals surface area contributed by atoms with Crippen LogP contribution in [-0.4, -0.2) is 13.3 Å². The summed E-state index contributed by atoms with van der Waals surface area (Å²) in [7, 11) is -2.56. The van der Waals surface area contributed by atoms with Crippen molar-refractivity contribution in [2.75, 3.05) is 0 Å². The Balaban J connectivity index is 1.59. The van der Waals surface area contributed by atoms with Gasteiger partial charge in [0, 0.05) is 40.1 Å². The molecule has 176 valence electrons. The Hall–Kier alpha value is -3.37. The molecular formula is C31H31NO2Si. The van der Waals surface area contributed by atoms with Gasteiger partial charge in [-0.25, -0.2) is 0 Å². The van der Waals surface area contributed by atoms with Crippen molar-refractivity contribution in [2.45, 2.75) is 47.1 Å². The van der Waals surface area contributed by atoms with Crippen molar-refractivity contribution >= 4 is 35.4 Å². The first-order valence-electron chi connectivity index (χ1n) is 14.4. The lowest BCUT2D eigenvalue weighted by Gasteiger charge is -2.34. The maximum absolute atomic E-state index is 8.92. The number of hydrogen-bond acceptors (Lipinski definition) is 3. The normalized spacial score (nSPS) is 17.5. The van der Waals surface area contributed by atoms with E-state index >= 15 is 0 Å². The van der Waals surface area contributed by atoms with Gasteiger partial charge in [0.1, 0.15) is 16.9 Å². The molecule has 0 saturated heterocycles. The summed E-state index contributed by atoms with van der Waals surface area (Å²) in [6.45, 7) is 7.10. The molecule has 3 nitrogen and oxygen atoms in total. The maximum atomic E-state index is 8.92. The molecule has 0 amide bonds. The standard InChI is InChI=1S/C31H31NO2Si/c1-19-18-32-26(16-20(19)17-31(2,3)4)25-12-9-11-22-24-15-14-23-21-10-7-8-13-27(21)33-29(23)30(24)35(5,6)34-28(22)25/h7-16,18H,17H2,1-6H3/i1D3,17D2. The molecule has 0 aliphatic carbocycles. The largest absolute Gasteiger partial charge is 0.539 e. The molecule has 0 unspecified atom stereocenters. The third-order valence-corrected chi connectivity index (χ3v) is 8.92. The monoisotopic (exact) mass is 482 g/mol. The molecule has 0 spiro atoms. The molecule has 3 aromatic carbocycles. The number of nitrogens with zero attached hydrogens (tertiary/aromatic N) is 1. The highest BCUT2D eigenvalue weighted by molar-refractivity contribution is 6.88. The number of para-hydroxylation sites is 2. The second-order valence-corrected chi connectivity index (χ2v) is 14.5. The fraction of sp³-hybridized carbons (Fsp3) is 0.258. The summed E-state index contributed by atoms with van der Waals surface area (Å²) in [5.74, 6) is 0.679. The van der Waals surface area contributed by atoms with Gasteiger partial charge < -0.3 is 8.84 Å². The molecule has 3 heterocycles. The van der Waals surface area contributed by atoms with Crippen LogP contribution in [0.15, 0.2) is 71.3 Å². The summed E-state index contributed by atoms with van der Waals surface area (Å²) in [5, 5.41) is 3.24. The molecule has 0 fully saturated rings. The first-order valence-corrected chi connectivity index (χ1v) is 14.8. The summed E-state index contributed by atoms with van der Waals surface area (Å²) in [4.78, 5) is 4.55. The molecule has 6 rings (SSSR count). The van der Waals surface area contributed by atoms with Crippen molar-refractivity contribution < 1.29 is 15.7 Å². The van der Waals surface area contributed by atoms with E-state index in [4.69, 9.17) is 15.7 Å². The van der Waals surface area contributed by atoms with E-state index in [2.05, 4.69) is 36.3 Å². The molecule has 0 saturated carbocycles. The van der Waals surface area contributed by atoms with Gasteiger partial charge in [-0.1, -0.05) is 57.2 Å². The van der Waals surface area contributed by atoms with Crippen LogP contribution in [0.25, 0.3) is 44.3 Å². The number of hydrogen-bond donors (Lipinski definition) is 0. The summed E-state index contributed by atoms with van der Waals surface area (Å²) >= 11 is 0. The lowest BCUT2D eigenvalue weighted by atomic mass is 9.86. The maximum Gasteiger partial charge on any atom is 0.281 e. The van der Waals surface area contributed by atoms with Crippen LogP contribution < -0.4 is 9.61 Å². The highest BCUT2D eigenvalue weighted by Crippen LogP contribution is 2.45. The molecule has 0 bridgehead atoms. The van der Waals surface area contributed by atoms with Crippen LogP contribution in [0.3, 0.4) is 0 Å². The Bertz CT molecular complexity index is 1820. The van der Waals surface area contributed by atoms with Gasteiger partial charge in [-0.05, 0) is 72.7 Å². The number of fused-ring (bicyclic) bond motifs is 7. The van der Waals surface area contributed by atoms with Crippen molar-refractivity contribution in [3.05, 3.63) is 78.0 Å². The van der Waals surface area contributed by atoms with E-state index < -0.39 is 27.0 Å². The van der Waals surface area contributed by atoms with Gasteiger partial charge in [0.2, 0.25) is 0 Å². The van der Waals surface area contributed by atoms with E-state index in [1.807, 2.05) is 36.4 Å². The summed E-state index contributed by atoms with van der Waals surface area (Å²) in [5.41, 5.74) is 4.04. The average Bonchev–Trinajstić information content (AvgIpc) is 3.25. The van der Waals surface area contributed by atoms with Crippen molar-refractivity contribution in [1.82, 2.24) is 4.98 Å². The smallest absolute Gasteiger partial charge is 0.281 e. The number of pyridine rings is 1. The van der Waals surface area contributed by atoms with E-state index in [9.17, 15) is 0 Å². The van der Waals surface area contributed by atoms with Crippen LogP contribution >= 0.6 is 0 Å². The van der Waals surface area contributed by atoms with Crippen LogP contribution in [0, 0.1) is 12.3 Å². The Labute approximate surface area is 214 Å². The lowest BCUT2D eigenvalue weighted by Crippen LogP contribution is -2.51. The van der Waals surface area contributed by atoms with Gasteiger partial charge in [0.25, 0.3) is 8.32 Å². The van der Waals surface area contributed by atoms with Gasteiger partial charge in [0.05, 0.1) is 5.69 Å². The predicted octanol–water partition coefficient (Wildman–Crippen LogP) is 8.02. The summed E-state index contributed by atoms with van der Waals surface area (Å²) < 4.78 is 55.3. The highest BCUT2D eigenvalue weighted by atomic mass is 28.4. The Kier molecular flexibility index (Phi) is 3.70. The third kappa shape index (κ3) is 3.59. The zero-order chi connectivity index (χ0) is 28.8. The predicted molar refractivity (Wildman–Crippen MR) is 148 cm³/mol. The zero-order valence-electron chi connectivity index (χ0n) is 25.6. The summed E-state index contributed by atoms with van der Waals surface area (Å²) in [6, 6.07) is 19.7. The molecule has 2 aromatic heterocycles.